The van der Waals surface area contributed by atoms with Gasteiger partial charge < -0.3 is 15.3 Å². The van der Waals surface area contributed by atoms with Gasteiger partial charge >= 0.3 is 0 Å². The van der Waals surface area contributed by atoms with Crippen LogP contribution in [-0.4, -0.2) is 35.1 Å². The molecule has 0 unspecified atom stereocenters. The first-order valence-electron chi connectivity index (χ1n) is 9.42. The van der Waals surface area contributed by atoms with E-state index in [4.69, 9.17) is 0 Å². The summed E-state index contributed by atoms with van der Waals surface area (Å²) < 4.78 is 0. The number of aliphatic hydroxyl groups excluding tert-OH is 3. The van der Waals surface area contributed by atoms with Crippen LogP contribution in [0.25, 0.3) is 0 Å². The second-order valence-corrected chi connectivity index (χ2v) is 8.99. The molecule has 4 aliphatic carbocycles. The summed E-state index contributed by atoms with van der Waals surface area (Å²) >= 11 is 0. The van der Waals surface area contributed by atoms with Crippen LogP contribution in [0.15, 0.2) is 0 Å². The lowest BCUT2D eigenvalue weighted by atomic mass is 9.37. The Morgan fingerprint density at radius 2 is 0.909 bits per heavy atom. The topological polar surface area (TPSA) is 60.7 Å². The quantitative estimate of drug-likeness (QED) is 0.612. The van der Waals surface area contributed by atoms with Crippen LogP contribution >= 0.6 is 0 Å². The first kappa shape index (κ1) is 16.7. The van der Waals surface area contributed by atoms with E-state index in [1.54, 1.807) is 0 Å². The molecule has 4 rings (SSSR count). The Labute approximate surface area is 135 Å². The Kier molecular flexibility index (Phi) is 4.87. The molecule has 128 valence electrons. The number of hydrogen-bond acceptors (Lipinski definition) is 3. The van der Waals surface area contributed by atoms with E-state index < -0.39 is 0 Å². The summed E-state index contributed by atoms with van der Waals surface area (Å²) in [5, 5.41) is 27.9. The minimum Gasteiger partial charge on any atom is -0.396 e. The minimum atomic E-state index is 0.319. The molecule has 0 heterocycles. The lowest BCUT2D eigenvalue weighted by molar-refractivity contribution is -0.170. The van der Waals surface area contributed by atoms with Gasteiger partial charge in [0.25, 0.3) is 0 Å². The molecule has 0 aromatic heterocycles. The van der Waals surface area contributed by atoms with E-state index >= 15 is 0 Å². The van der Waals surface area contributed by atoms with Crippen molar-refractivity contribution in [3.8, 4) is 0 Å². The molecule has 3 nitrogen and oxygen atoms in total. The fraction of sp³-hybridized carbons (Fsp3) is 1.00. The van der Waals surface area contributed by atoms with E-state index in [0.717, 1.165) is 25.2 Å². The Balaban J connectivity index is 1.82. The van der Waals surface area contributed by atoms with E-state index in [9.17, 15) is 15.3 Å². The van der Waals surface area contributed by atoms with Crippen LogP contribution in [0.1, 0.15) is 77.0 Å². The van der Waals surface area contributed by atoms with Gasteiger partial charge in [-0.1, -0.05) is 0 Å². The van der Waals surface area contributed by atoms with Crippen LogP contribution in [0, 0.1) is 22.2 Å². The highest BCUT2D eigenvalue weighted by Crippen LogP contribution is 2.72. The lowest BCUT2D eigenvalue weighted by Crippen LogP contribution is -2.57. The molecule has 0 spiro atoms. The van der Waals surface area contributed by atoms with Crippen molar-refractivity contribution in [1.29, 1.82) is 0 Å². The molecule has 0 radical (unpaired) electrons. The summed E-state index contributed by atoms with van der Waals surface area (Å²) in [5.74, 6) is 0.854. The Morgan fingerprint density at radius 1 is 0.591 bits per heavy atom. The van der Waals surface area contributed by atoms with E-state index in [0.29, 0.717) is 36.1 Å². The number of aliphatic hydroxyl groups is 3. The van der Waals surface area contributed by atoms with Gasteiger partial charge in [-0.2, -0.15) is 0 Å². The average Bonchev–Trinajstić information content (AvgIpc) is 2.48. The van der Waals surface area contributed by atoms with Gasteiger partial charge in [-0.25, -0.2) is 0 Å². The summed E-state index contributed by atoms with van der Waals surface area (Å²) in [4.78, 5) is 0. The van der Waals surface area contributed by atoms with Gasteiger partial charge in [0.1, 0.15) is 0 Å². The van der Waals surface area contributed by atoms with Gasteiger partial charge in [-0.15, -0.1) is 0 Å². The Hall–Kier alpha value is -0.120. The normalized spacial score (nSPS) is 43.0. The molecule has 22 heavy (non-hydrogen) atoms. The third kappa shape index (κ3) is 3.09. The van der Waals surface area contributed by atoms with Crippen LogP contribution in [0.4, 0.5) is 0 Å². The lowest BCUT2D eigenvalue weighted by Gasteiger charge is -2.67. The molecule has 4 fully saturated rings. The molecular formula is C19H34O3. The predicted molar refractivity (Wildman–Crippen MR) is 87.5 cm³/mol. The molecule has 0 aromatic carbocycles. The molecule has 3 N–H and O–H groups in total. The standard InChI is InChI=1S/C19H34O3/c20-7-1-4-17-10-16-11-18(13-17,5-2-8-21)15-19(12-16,14-17)6-3-9-22/h16,20-22H,1-15H2. The maximum atomic E-state index is 9.31. The fourth-order valence-corrected chi connectivity index (χ4v) is 7.26. The van der Waals surface area contributed by atoms with Crippen molar-refractivity contribution in [2.24, 2.45) is 22.2 Å². The van der Waals surface area contributed by atoms with E-state index in [1.807, 2.05) is 0 Å². The Bertz CT molecular complexity index is 316. The van der Waals surface area contributed by atoms with Gasteiger partial charge in [0.05, 0.1) is 0 Å². The van der Waals surface area contributed by atoms with Crippen LogP contribution < -0.4 is 0 Å². The largest absolute Gasteiger partial charge is 0.396 e. The first-order chi connectivity index (χ1) is 10.6. The van der Waals surface area contributed by atoms with Crippen LogP contribution in [0.5, 0.6) is 0 Å². The molecule has 0 saturated heterocycles. The van der Waals surface area contributed by atoms with E-state index in [-0.39, 0.29) is 0 Å². The molecule has 4 bridgehead atoms. The van der Waals surface area contributed by atoms with Gasteiger partial charge in [0, 0.05) is 19.8 Å². The molecule has 0 atom stereocenters. The zero-order valence-electron chi connectivity index (χ0n) is 14.0. The number of rotatable bonds is 9. The molecule has 3 heteroatoms. The van der Waals surface area contributed by atoms with Crippen molar-refractivity contribution in [1.82, 2.24) is 0 Å². The molecular weight excluding hydrogens is 276 g/mol. The summed E-state index contributed by atoms with van der Waals surface area (Å²) in [6.07, 6.45) is 14.5. The minimum absolute atomic E-state index is 0.319. The van der Waals surface area contributed by atoms with Crippen LogP contribution in [-0.2, 0) is 0 Å². The molecule has 0 amide bonds. The summed E-state index contributed by atoms with van der Waals surface area (Å²) in [5.41, 5.74) is 1.35. The highest BCUT2D eigenvalue weighted by Gasteiger charge is 2.61. The third-order valence-electron chi connectivity index (χ3n) is 7.01. The molecule has 4 aliphatic rings. The average molecular weight is 310 g/mol. The zero-order chi connectivity index (χ0) is 15.7. The van der Waals surface area contributed by atoms with Crippen LogP contribution in [0.3, 0.4) is 0 Å². The second kappa shape index (κ2) is 6.41. The van der Waals surface area contributed by atoms with Gasteiger partial charge in [0.2, 0.25) is 0 Å². The second-order valence-electron chi connectivity index (χ2n) is 8.99. The zero-order valence-corrected chi connectivity index (χ0v) is 14.0. The smallest absolute Gasteiger partial charge is 0.0431 e. The SMILES string of the molecule is OCCCC12CC3CC(CCCO)(C1)CC(CCCO)(C3)C2. The van der Waals surface area contributed by atoms with Crippen molar-refractivity contribution >= 4 is 0 Å². The highest BCUT2D eigenvalue weighted by molar-refractivity contribution is 5.12. The van der Waals surface area contributed by atoms with Crippen LogP contribution in [0.2, 0.25) is 0 Å². The molecule has 0 aliphatic heterocycles. The predicted octanol–water partition coefficient (Wildman–Crippen LogP) is 3.26. The maximum absolute atomic E-state index is 9.31. The third-order valence-corrected chi connectivity index (χ3v) is 7.01. The fourth-order valence-electron chi connectivity index (χ4n) is 7.26. The molecule has 0 aromatic rings. The van der Waals surface area contributed by atoms with Gasteiger partial charge in [0.15, 0.2) is 0 Å². The van der Waals surface area contributed by atoms with Crippen molar-refractivity contribution in [3.05, 3.63) is 0 Å². The van der Waals surface area contributed by atoms with Crippen molar-refractivity contribution in [2.75, 3.05) is 19.8 Å². The van der Waals surface area contributed by atoms with Gasteiger partial charge in [-0.05, 0) is 99.2 Å². The van der Waals surface area contributed by atoms with Crippen molar-refractivity contribution in [2.45, 2.75) is 77.0 Å². The Morgan fingerprint density at radius 3 is 1.18 bits per heavy atom. The first-order valence-corrected chi connectivity index (χ1v) is 9.42. The molecule has 4 saturated carbocycles. The van der Waals surface area contributed by atoms with Gasteiger partial charge in [-0.3, -0.25) is 0 Å². The number of hydrogen-bond donors (Lipinski definition) is 3. The summed E-state index contributed by atoms with van der Waals surface area (Å²) in [6, 6.07) is 0. The van der Waals surface area contributed by atoms with E-state index in [2.05, 4.69) is 0 Å². The monoisotopic (exact) mass is 310 g/mol. The van der Waals surface area contributed by atoms with E-state index in [1.165, 1.54) is 57.8 Å². The summed E-state index contributed by atoms with van der Waals surface area (Å²) in [6.45, 7) is 0.957. The summed E-state index contributed by atoms with van der Waals surface area (Å²) in [7, 11) is 0. The van der Waals surface area contributed by atoms with Crippen molar-refractivity contribution in [3.63, 3.8) is 0 Å². The van der Waals surface area contributed by atoms with Crippen molar-refractivity contribution < 1.29 is 15.3 Å². The highest BCUT2D eigenvalue weighted by atomic mass is 16.3. The maximum Gasteiger partial charge on any atom is 0.0431 e.